The van der Waals surface area contributed by atoms with Crippen LogP contribution in [0.25, 0.3) is 0 Å². The molecular weight excluding hydrogens is 263 g/mol. The van der Waals surface area contributed by atoms with E-state index in [0.717, 1.165) is 17.5 Å². The van der Waals surface area contributed by atoms with Gasteiger partial charge in [-0.05, 0) is 18.7 Å². The SMILES string of the molecule is C=C(CSc1cc(C)nn1C)[B-](F)(F)F.[K+]. The summed E-state index contributed by atoms with van der Waals surface area (Å²) in [5.74, 6) is -0.136. The Kier molecular flexibility index (Phi) is 6.98. The van der Waals surface area contributed by atoms with Crippen molar-refractivity contribution in [1.82, 2.24) is 9.78 Å². The van der Waals surface area contributed by atoms with Crippen LogP contribution in [-0.4, -0.2) is 22.5 Å². The first-order valence-electron chi connectivity index (χ1n) is 4.32. The number of nitrogens with zero attached hydrogens (tertiary/aromatic N) is 2. The van der Waals surface area contributed by atoms with E-state index in [2.05, 4.69) is 11.7 Å². The monoisotopic (exact) mass is 274 g/mol. The third-order valence-corrected chi connectivity index (χ3v) is 3.02. The van der Waals surface area contributed by atoms with Crippen LogP contribution in [0.1, 0.15) is 5.69 Å². The molecule has 0 saturated heterocycles. The van der Waals surface area contributed by atoms with Crippen LogP contribution in [0.2, 0.25) is 0 Å². The molecule has 0 atom stereocenters. The van der Waals surface area contributed by atoms with E-state index in [0.29, 0.717) is 5.03 Å². The number of aryl methyl sites for hydroxylation is 2. The van der Waals surface area contributed by atoms with Gasteiger partial charge in [0.15, 0.2) is 0 Å². The minimum absolute atomic E-state index is 0. The third kappa shape index (κ3) is 4.97. The zero-order valence-electron chi connectivity index (χ0n) is 9.51. The van der Waals surface area contributed by atoms with Crippen molar-refractivity contribution in [3.63, 3.8) is 0 Å². The van der Waals surface area contributed by atoms with E-state index in [1.165, 1.54) is 0 Å². The summed E-state index contributed by atoms with van der Waals surface area (Å²) in [5, 5.41) is 4.76. The summed E-state index contributed by atoms with van der Waals surface area (Å²) in [6.45, 7) is -0.0912. The Morgan fingerprint density at radius 2 is 2.12 bits per heavy atom. The first-order chi connectivity index (χ1) is 6.80. The Morgan fingerprint density at radius 1 is 1.56 bits per heavy atom. The molecule has 1 rings (SSSR count). The maximum atomic E-state index is 12.2. The van der Waals surface area contributed by atoms with Crippen LogP contribution in [-0.2, 0) is 7.05 Å². The molecule has 2 nitrogen and oxygen atoms in total. The Balaban J connectivity index is 0.00000225. The molecule has 0 fully saturated rings. The van der Waals surface area contributed by atoms with Gasteiger partial charge in [0.25, 0.3) is 0 Å². The van der Waals surface area contributed by atoms with Crippen LogP contribution < -0.4 is 51.4 Å². The molecule has 0 bridgehead atoms. The average Bonchev–Trinajstić information content (AvgIpc) is 2.39. The van der Waals surface area contributed by atoms with E-state index in [9.17, 15) is 12.9 Å². The van der Waals surface area contributed by atoms with E-state index >= 15 is 0 Å². The molecule has 0 aliphatic heterocycles. The van der Waals surface area contributed by atoms with Gasteiger partial charge < -0.3 is 12.9 Å². The van der Waals surface area contributed by atoms with Crippen molar-refractivity contribution in [2.45, 2.75) is 11.9 Å². The second-order valence-electron chi connectivity index (χ2n) is 3.27. The van der Waals surface area contributed by atoms with Gasteiger partial charge in [0.1, 0.15) is 0 Å². The Hall–Kier alpha value is 0.791. The molecule has 0 N–H and O–H groups in total. The maximum absolute atomic E-state index is 12.2. The predicted molar refractivity (Wildman–Crippen MR) is 56.9 cm³/mol. The summed E-state index contributed by atoms with van der Waals surface area (Å²) in [5.41, 5.74) is 0.127. The van der Waals surface area contributed by atoms with Gasteiger partial charge in [0.2, 0.25) is 0 Å². The van der Waals surface area contributed by atoms with Crippen molar-refractivity contribution in [2.24, 2.45) is 7.05 Å². The maximum Gasteiger partial charge on any atom is 1.00 e. The average molecular weight is 274 g/mol. The summed E-state index contributed by atoms with van der Waals surface area (Å²) in [6, 6.07) is 1.75. The molecule has 0 spiro atoms. The fraction of sp³-hybridized carbons (Fsp3) is 0.375. The molecule has 84 valence electrons. The molecule has 0 aliphatic rings. The van der Waals surface area contributed by atoms with Crippen molar-refractivity contribution in [3.05, 3.63) is 23.8 Å². The van der Waals surface area contributed by atoms with Gasteiger partial charge in [-0.2, -0.15) is 5.10 Å². The van der Waals surface area contributed by atoms with E-state index in [-0.39, 0.29) is 57.1 Å². The van der Waals surface area contributed by atoms with Gasteiger partial charge >= 0.3 is 58.4 Å². The Labute approximate surface area is 140 Å². The molecule has 0 radical (unpaired) electrons. The minimum atomic E-state index is -4.92. The van der Waals surface area contributed by atoms with Crippen LogP contribution in [0.5, 0.6) is 0 Å². The molecule has 1 aromatic rings. The number of rotatable bonds is 4. The summed E-state index contributed by atoms with van der Waals surface area (Å²) in [6.07, 6.45) is 0. The first-order valence-corrected chi connectivity index (χ1v) is 5.30. The summed E-state index contributed by atoms with van der Waals surface area (Å²) in [7, 11) is 1.71. The van der Waals surface area contributed by atoms with Gasteiger partial charge in [-0.25, -0.2) is 0 Å². The van der Waals surface area contributed by atoms with Crippen LogP contribution >= 0.6 is 11.8 Å². The standard InChI is InChI=1S/C8H11BF3N2S.K/c1-6(9(10,11)12)5-15-8-4-7(2)13-14(8)3;/h4H,1,5H2,2-3H3;/q-1;+1. The molecule has 0 saturated carbocycles. The number of thioether (sulfide) groups is 1. The number of hydrogen-bond donors (Lipinski definition) is 0. The second-order valence-corrected chi connectivity index (χ2v) is 4.26. The summed E-state index contributed by atoms with van der Waals surface area (Å²) < 4.78 is 38.1. The number of aromatic nitrogens is 2. The molecular formula is C8H11BF3KN2S. The molecule has 0 unspecified atom stereocenters. The fourth-order valence-electron chi connectivity index (χ4n) is 0.983. The molecule has 0 amide bonds. The molecule has 8 heteroatoms. The summed E-state index contributed by atoms with van der Waals surface area (Å²) >= 11 is 1.10. The largest absolute Gasteiger partial charge is 1.00 e. The topological polar surface area (TPSA) is 17.8 Å². The minimum Gasteiger partial charge on any atom is -0.445 e. The molecule has 16 heavy (non-hydrogen) atoms. The van der Waals surface area contributed by atoms with E-state index < -0.39 is 12.4 Å². The van der Waals surface area contributed by atoms with Gasteiger partial charge in [-0.15, -0.1) is 23.8 Å². The number of hydrogen-bond acceptors (Lipinski definition) is 2. The number of halogens is 3. The third-order valence-electron chi connectivity index (χ3n) is 1.83. The normalized spacial score (nSPS) is 11.1. The molecule has 1 aromatic heterocycles. The van der Waals surface area contributed by atoms with Gasteiger partial charge in [-0.1, -0.05) is 0 Å². The van der Waals surface area contributed by atoms with Crippen molar-refractivity contribution >= 4 is 18.7 Å². The Bertz CT molecular complexity index is 378. The quantitative estimate of drug-likeness (QED) is 0.557. The van der Waals surface area contributed by atoms with E-state index in [1.807, 2.05) is 0 Å². The summed E-state index contributed by atoms with van der Waals surface area (Å²) in [4.78, 5) is 0. The molecule has 0 aliphatic carbocycles. The van der Waals surface area contributed by atoms with Crippen LogP contribution in [0.15, 0.2) is 23.1 Å². The molecule has 0 aromatic carbocycles. The molecule has 1 heterocycles. The fourth-order valence-corrected chi connectivity index (χ4v) is 1.99. The zero-order chi connectivity index (χ0) is 11.6. The van der Waals surface area contributed by atoms with Gasteiger partial charge in [0.05, 0.1) is 10.7 Å². The first kappa shape index (κ1) is 16.8. The van der Waals surface area contributed by atoms with Crippen molar-refractivity contribution < 1.29 is 64.3 Å². The van der Waals surface area contributed by atoms with Crippen molar-refractivity contribution in [3.8, 4) is 0 Å². The Morgan fingerprint density at radius 3 is 2.50 bits per heavy atom. The smallest absolute Gasteiger partial charge is 0.445 e. The van der Waals surface area contributed by atoms with Crippen LogP contribution in [0.3, 0.4) is 0 Å². The van der Waals surface area contributed by atoms with Crippen LogP contribution in [0, 0.1) is 6.92 Å². The predicted octanol–water partition coefficient (Wildman–Crippen LogP) is -0.233. The van der Waals surface area contributed by atoms with E-state index in [1.54, 1.807) is 24.7 Å². The van der Waals surface area contributed by atoms with Gasteiger partial charge in [-0.3, -0.25) is 4.68 Å². The van der Waals surface area contributed by atoms with E-state index in [4.69, 9.17) is 0 Å². The van der Waals surface area contributed by atoms with Crippen molar-refractivity contribution in [2.75, 3.05) is 5.75 Å². The van der Waals surface area contributed by atoms with Gasteiger partial charge in [0, 0.05) is 7.05 Å². The van der Waals surface area contributed by atoms with Crippen molar-refractivity contribution in [1.29, 1.82) is 0 Å². The second kappa shape index (κ2) is 6.65. The zero-order valence-corrected chi connectivity index (χ0v) is 13.4. The van der Waals surface area contributed by atoms with Crippen LogP contribution in [0.4, 0.5) is 12.9 Å².